The second-order valence-corrected chi connectivity index (χ2v) is 7.55. The van der Waals surface area contributed by atoms with Crippen LogP contribution in [0, 0.1) is 24.0 Å². The SMILES string of the molecule is Cc1cc(/C=C2\C(=O)NC(=O)N(C)C2=O)c(C)n1-c1ccc(Oc2ccc([N+](=O)[O-])cn2)cc1. The van der Waals surface area contributed by atoms with Gasteiger partial charge in [-0.3, -0.25) is 29.9 Å². The van der Waals surface area contributed by atoms with E-state index < -0.39 is 22.8 Å². The summed E-state index contributed by atoms with van der Waals surface area (Å²) in [5.41, 5.74) is 2.88. The molecule has 172 valence electrons. The van der Waals surface area contributed by atoms with Crippen LogP contribution in [-0.2, 0) is 9.59 Å². The highest BCUT2D eigenvalue weighted by Gasteiger charge is 2.33. The number of aryl methyl sites for hydroxylation is 1. The summed E-state index contributed by atoms with van der Waals surface area (Å²) >= 11 is 0. The number of amides is 4. The Morgan fingerprint density at radius 2 is 1.79 bits per heavy atom. The molecule has 1 aromatic carbocycles. The summed E-state index contributed by atoms with van der Waals surface area (Å²) in [6.45, 7) is 3.74. The minimum atomic E-state index is -0.760. The highest BCUT2D eigenvalue weighted by atomic mass is 16.6. The van der Waals surface area contributed by atoms with Crippen molar-refractivity contribution in [1.29, 1.82) is 0 Å². The molecule has 34 heavy (non-hydrogen) atoms. The van der Waals surface area contributed by atoms with E-state index in [1.807, 2.05) is 36.6 Å². The van der Waals surface area contributed by atoms with E-state index in [0.29, 0.717) is 11.3 Å². The summed E-state index contributed by atoms with van der Waals surface area (Å²) in [6, 6.07) is 10.9. The number of ether oxygens (including phenoxy) is 1. The van der Waals surface area contributed by atoms with Crippen molar-refractivity contribution in [3.05, 3.63) is 81.3 Å². The number of hydrogen-bond donors (Lipinski definition) is 1. The van der Waals surface area contributed by atoms with Gasteiger partial charge in [-0.25, -0.2) is 9.78 Å². The quantitative estimate of drug-likeness (QED) is 0.266. The second-order valence-electron chi connectivity index (χ2n) is 7.55. The number of imide groups is 2. The molecule has 0 unspecified atom stereocenters. The van der Waals surface area contributed by atoms with Crippen LogP contribution in [0.1, 0.15) is 17.0 Å². The number of pyridine rings is 1. The molecular weight excluding hydrogens is 442 g/mol. The topological polar surface area (TPSA) is 137 Å². The minimum Gasteiger partial charge on any atom is -0.439 e. The number of likely N-dealkylation sites (N-methyl/N-ethyl adjacent to an activating group) is 1. The lowest BCUT2D eigenvalue weighted by Gasteiger charge is -2.22. The lowest BCUT2D eigenvalue weighted by atomic mass is 10.1. The maximum atomic E-state index is 12.4. The fourth-order valence-electron chi connectivity index (χ4n) is 3.56. The number of hydrogen-bond acceptors (Lipinski definition) is 7. The van der Waals surface area contributed by atoms with Crippen LogP contribution in [0.5, 0.6) is 11.6 Å². The zero-order valence-electron chi connectivity index (χ0n) is 18.4. The Morgan fingerprint density at radius 3 is 2.41 bits per heavy atom. The first-order chi connectivity index (χ1) is 16.2. The molecule has 11 heteroatoms. The number of urea groups is 1. The third-order valence-corrected chi connectivity index (χ3v) is 5.32. The summed E-state index contributed by atoms with van der Waals surface area (Å²) < 4.78 is 7.59. The molecule has 0 saturated carbocycles. The predicted octanol–water partition coefficient (Wildman–Crippen LogP) is 3.28. The van der Waals surface area contributed by atoms with Gasteiger partial charge in [0, 0.05) is 36.3 Å². The standard InChI is InChI=1S/C23H19N5O6/c1-13-10-15(11-19-21(29)25-23(31)26(3)22(19)30)14(2)27(13)16-4-7-18(8-5-16)34-20-9-6-17(12-24-20)28(32)33/h4-12H,1-3H3,(H,25,29,31)/b19-11+. The Labute approximate surface area is 193 Å². The van der Waals surface area contributed by atoms with Crippen LogP contribution in [0.2, 0.25) is 0 Å². The number of nitrogens with zero attached hydrogens (tertiary/aromatic N) is 4. The van der Waals surface area contributed by atoms with Crippen LogP contribution in [0.3, 0.4) is 0 Å². The van der Waals surface area contributed by atoms with Gasteiger partial charge in [-0.2, -0.15) is 0 Å². The number of nitro groups is 1. The molecule has 1 N–H and O–H groups in total. The smallest absolute Gasteiger partial charge is 0.331 e. The summed E-state index contributed by atoms with van der Waals surface area (Å²) in [5, 5.41) is 12.9. The van der Waals surface area contributed by atoms with Crippen LogP contribution in [-0.4, -0.2) is 44.3 Å². The van der Waals surface area contributed by atoms with Crippen molar-refractivity contribution in [2.24, 2.45) is 0 Å². The Hall–Kier alpha value is -4.80. The van der Waals surface area contributed by atoms with Crippen LogP contribution >= 0.6 is 0 Å². The zero-order chi connectivity index (χ0) is 24.6. The summed E-state index contributed by atoms with van der Waals surface area (Å²) in [4.78, 5) is 51.1. The minimum absolute atomic E-state index is 0.123. The van der Waals surface area contributed by atoms with E-state index in [2.05, 4.69) is 10.3 Å². The molecule has 2 aromatic heterocycles. The number of aromatic nitrogens is 2. The molecule has 1 fully saturated rings. The van der Waals surface area contributed by atoms with Gasteiger partial charge < -0.3 is 9.30 Å². The first-order valence-electron chi connectivity index (χ1n) is 10.1. The molecule has 1 aliphatic rings. The molecule has 0 aliphatic carbocycles. The van der Waals surface area contributed by atoms with E-state index in [0.717, 1.165) is 28.2 Å². The molecule has 4 amide bonds. The lowest BCUT2D eigenvalue weighted by Crippen LogP contribution is -2.52. The molecule has 11 nitrogen and oxygen atoms in total. The maximum Gasteiger partial charge on any atom is 0.331 e. The van der Waals surface area contributed by atoms with Crippen molar-refractivity contribution in [2.45, 2.75) is 13.8 Å². The van der Waals surface area contributed by atoms with E-state index in [1.165, 1.54) is 25.3 Å². The first kappa shape index (κ1) is 22.4. The molecule has 0 atom stereocenters. The third-order valence-electron chi connectivity index (χ3n) is 5.32. The molecule has 1 saturated heterocycles. The predicted molar refractivity (Wildman–Crippen MR) is 120 cm³/mol. The van der Waals surface area contributed by atoms with Crippen LogP contribution < -0.4 is 10.1 Å². The normalized spacial score (nSPS) is 15.0. The van der Waals surface area contributed by atoms with Gasteiger partial charge in [0.05, 0.1) is 4.92 Å². The maximum absolute atomic E-state index is 12.4. The Bertz CT molecular complexity index is 1360. The largest absolute Gasteiger partial charge is 0.439 e. The highest BCUT2D eigenvalue weighted by molar-refractivity contribution is 6.30. The Kier molecular flexibility index (Phi) is 5.68. The van der Waals surface area contributed by atoms with E-state index in [4.69, 9.17) is 4.74 Å². The number of carbonyl (C=O) groups excluding carboxylic acids is 3. The number of barbiturate groups is 1. The molecule has 3 aromatic rings. The lowest BCUT2D eigenvalue weighted by molar-refractivity contribution is -0.385. The van der Waals surface area contributed by atoms with Crippen molar-refractivity contribution >= 4 is 29.6 Å². The molecule has 3 heterocycles. The Morgan fingerprint density at radius 1 is 1.09 bits per heavy atom. The fraction of sp³-hybridized carbons (Fsp3) is 0.130. The Balaban J connectivity index is 1.58. The van der Waals surface area contributed by atoms with Gasteiger partial charge in [0.15, 0.2) is 0 Å². The van der Waals surface area contributed by atoms with Gasteiger partial charge in [-0.15, -0.1) is 0 Å². The van der Waals surface area contributed by atoms with Gasteiger partial charge in [-0.05, 0) is 55.8 Å². The van der Waals surface area contributed by atoms with Gasteiger partial charge in [-0.1, -0.05) is 0 Å². The number of rotatable bonds is 5. The zero-order valence-corrected chi connectivity index (χ0v) is 18.4. The van der Waals surface area contributed by atoms with E-state index in [1.54, 1.807) is 12.1 Å². The van der Waals surface area contributed by atoms with E-state index in [-0.39, 0.29) is 17.1 Å². The third kappa shape index (κ3) is 4.13. The van der Waals surface area contributed by atoms with Gasteiger partial charge in [0.2, 0.25) is 5.88 Å². The molecular formula is C23H19N5O6. The summed E-state index contributed by atoms with van der Waals surface area (Å²) in [7, 11) is 1.30. The van der Waals surface area contributed by atoms with Crippen molar-refractivity contribution in [3.8, 4) is 17.3 Å². The van der Waals surface area contributed by atoms with Crippen molar-refractivity contribution in [3.63, 3.8) is 0 Å². The second kappa shape index (κ2) is 8.62. The van der Waals surface area contributed by atoms with Gasteiger partial charge in [0.1, 0.15) is 17.5 Å². The first-order valence-corrected chi connectivity index (χ1v) is 10.1. The molecule has 0 bridgehead atoms. The highest BCUT2D eigenvalue weighted by Crippen LogP contribution is 2.27. The molecule has 4 rings (SSSR count). The number of benzene rings is 1. The van der Waals surface area contributed by atoms with Crippen LogP contribution in [0.25, 0.3) is 11.8 Å². The summed E-state index contributed by atoms with van der Waals surface area (Å²) in [5.74, 6) is -0.689. The van der Waals surface area contributed by atoms with E-state index >= 15 is 0 Å². The van der Waals surface area contributed by atoms with Crippen molar-refractivity contribution < 1.29 is 24.0 Å². The number of carbonyl (C=O) groups is 3. The fourth-order valence-corrected chi connectivity index (χ4v) is 3.56. The van der Waals surface area contributed by atoms with Crippen molar-refractivity contribution in [2.75, 3.05) is 7.05 Å². The van der Waals surface area contributed by atoms with Gasteiger partial charge >= 0.3 is 6.03 Å². The van der Waals surface area contributed by atoms with Gasteiger partial charge in [0.25, 0.3) is 17.5 Å². The molecule has 0 spiro atoms. The average Bonchev–Trinajstić information content (AvgIpc) is 3.09. The summed E-state index contributed by atoms with van der Waals surface area (Å²) in [6.07, 6.45) is 2.59. The molecule has 1 aliphatic heterocycles. The average molecular weight is 461 g/mol. The van der Waals surface area contributed by atoms with Crippen LogP contribution in [0.15, 0.2) is 54.2 Å². The monoisotopic (exact) mass is 461 g/mol. The van der Waals surface area contributed by atoms with Crippen LogP contribution in [0.4, 0.5) is 10.5 Å². The number of nitrogens with one attached hydrogen (secondary N) is 1. The van der Waals surface area contributed by atoms with Crippen molar-refractivity contribution in [1.82, 2.24) is 19.8 Å². The van der Waals surface area contributed by atoms with E-state index in [9.17, 15) is 24.5 Å². The molecule has 0 radical (unpaired) electrons.